The van der Waals surface area contributed by atoms with Crippen LogP contribution in [0.2, 0.25) is 0 Å². The smallest absolute Gasteiger partial charge is 0.350 e. The average molecular weight is 559 g/mol. The van der Waals surface area contributed by atoms with Crippen molar-refractivity contribution in [2.24, 2.45) is 0 Å². The highest BCUT2D eigenvalue weighted by Gasteiger charge is 2.47. The Hall–Kier alpha value is -5.03. The second-order valence-corrected chi connectivity index (χ2v) is 9.71. The zero-order valence-electron chi connectivity index (χ0n) is 21.4. The molecule has 2 aromatic carbocycles. The van der Waals surface area contributed by atoms with Crippen LogP contribution in [0.3, 0.4) is 0 Å². The van der Waals surface area contributed by atoms with Crippen molar-refractivity contribution < 1.29 is 38.2 Å². The van der Waals surface area contributed by atoms with Crippen molar-refractivity contribution in [1.29, 1.82) is 0 Å². The van der Waals surface area contributed by atoms with Crippen molar-refractivity contribution in [3.8, 4) is 0 Å². The number of aliphatic hydroxyl groups excluding tert-OH is 1. The number of rotatable bonds is 8. The molecule has 11 heteroatoms. The number of aryl methyl sites for hydroxylation is 1. The topological polar surface area (TPSA) is 136 Å². The maximum Gasteiger partial charge on any atom is 0.350 e. The first-order chi connectivity index (χ1) is 19.2. The Balaban J connectivity index is 1.62. The molecule has 0 spiro atoms. The van der Waals surface area contributed by atoms with Crippen LogP contribution in [0.4, 0.5) is 5.13 Å². The van der Waals surface area contributed by atoms with Gasteiger partial charge in [0.15, 0.2) is 16.7 Å². The van der Waals surface area contributed by atoms with Crippen LogP contribution in [0.5, 0.6) is 0 Å². The molecular weight excluding hydrogens is 536 g/mol. The number of para-hydroxylation sites is 1. The first-order valence-electron chi connectivity index (χ1n) is 12.0. The number of benzene rings is 2. The largest absolute Gasteiger partial charge is 0.503 e. The number of Topliss-reactive ketones (excluding diaryl/α,β-unsaturated/α-hetero) is 1. The van der Waals surface area contributed by atoms with Gasteiger partial charge >= 0.3 is 11.9 Å². The van der Waals surface area contributed by atoms with Crippen LogP contribution in [-0.2, 0) is 14.3 Å². The first kappa shape index (κ1) is 26.6. The maximum atomic E-state index is 13.8. The van der Waals surface area contributed by atoms with E-state index in [2.05, 4.69) is 11.6 Å². The van der Waals surface area contributed by atoms with Gasteiger partial charge in [0.2, 0.25) is 5.78 Å². The van der Waals surface area contributed by atoms with Crippen molar-refractivity contribution in [1.82, 2.24) is 4.98 Å². The van der Waals surface area contributed by atoms with E-state index in [4.69, 9.17) is 13.9 Å². The van der Waals surface area contributed by atoms with E-state index in [9.17, 15) is 24.3 Å². The summed E-state index contributed by atoms with van der Waals surface area (Å²) in [7, 11) is 1.25. The highest BCUT2D eigenvalue weighted by molar-refractivity contribution is 7.17. The van der Waals surface area contributed by atoms with Gasteiger partial charge in [0, 0.05) is 5.39 Å². The molecule has 1 aliphatic heterocycles. The quantitative estimate of drug-likeness (QED) is 0.178. The summed E-state index contributed by atoms with van der Waals surface area (Å²) >= 11 is 0.883. The van der Waals surface area contributed by atoms with Crippen LogP contribution in [0.25, 0.3) is 11.0 Å². The number of nitrogens with zero attached hydrogens (tertiary/aromatic N) is 2. The molecule has 0 bridgehead atoms. The molecule has 10 nitrogen and oxygen atoms in total. The minimum atomic E-state index is -1.15. The van der Waals surface area contributed by atoms with Gasteiger partial charge in [0.05, 0.1) is 30.0 Å². The van der Waals surface area contributed by atoms with E-state index in [-0.39, 0.29) is 33.5 Å². The van der Waals surface area contributed by atoms with Crippen molar-refractivity contribution in [2.75, 3.05) is 18.6 Å². The molecule has 0 aliphatic carbocycles. The molecule has 1 unspecified atom stereocenters. The van der Waals surface area contributed by atoms with Crippen molar-refractivity contribution in [2.45, 2.75) is 13.0 Å². The van der Waals surface area contributed by atoms with Gasteiger partial charge < -0.3 is 19.0 Å². The number of ketones is 1. The lowest BCUT2D eigenvalue weighted by atomic mass is 9.94. The van der Waals surface area contributed by atoms with E-state index in [0.29, 0.717) is 22.2 Å². The molecule has 3 heterocycles. The number of carbonyl (C=O) groups is 4. The Morgan fingerprint density at radius 3 is 2.55 bits per heavy atom. The molecule has 2 aromatic heterocycles. The van der Waals surface area contributed by atoms with Gasteiger partial charge in [-0.25, -0.2) is 14.6 Å². The van der Waals surface area contributed by atoms with E-state index in [0.717, 1.165) is 16.2 Å². The monoisotopic (exact) mass is 558 g/mol. The molecule has 1 amide bonds. The molecule has 202 valence electrons. The Labute approximate surface area is 231 Å². The summed E-state index contributed by atoms with van der Waals surface area (Å²) in [5.74, 6) is -3.66. The highest BCUT2D eigenvalue weighted by Crippen LogP contribution is 2.44. The van der Waals surface area contributed by atoms with Gasteiger partial charge in [-0.3, -0.25) is 14.5 Å². The molecule has 1 aliphatic rings. The fourth-order valence-electron chi connectivity index (χ4n) is 4.37. The maximum absolute atomic E-state index is 13.8. The summed E-state index contributed by atoms with van der Waals surface area (Å²) in [5, 5.41) is 11.8. The number of carbonyl (C=O) groups excluding carboxylic acids is 4. The van der Waals surface area contributed by atoms with Crippen LogP contribution in [-0.4, -0.2) is 47.4 Å². The second-order valence-electron chi connectivity index (χ2n) is 8.73. The molecule has 1 atom stereocenters. The number of methoxy groups -OCH3 is 1. The first-order valence-corrected chi connectivity index (χ1v) is 12.8. The van der Waals surface area contributed by atoms with E-state index >= 15 is 0 Å². The predicted octanol–water partition coefficient (Wildman–Crippen LogP) is 5.11. The van der Waals surface area contributed by atoms with E-state index in [1.165, 1.54) is 31.4 Å². The molecule has 1 N–H and O–H groups in total. The van der Waals surface area contributed by atoms with Gasteiger partial charge in [-0.1, -0.05) is 54.3 Å². The number of anilines is 1. The molecule has 0 radical (unpaired) electrons. The summed E-state index contributed by atoms with van der Waals surface area (Å²) in [6.07, 6.45) is 1.42. The summed E-state index contributed by atoms with van der Waals surface area (Å²) in [5.41, 5.74) is 1.17. The third-order valence-electron chi connectivity index (χ3n) is 6.26. The van der Waals surface area contributed by atoms with Gasteiger partial charge in [0.25, 0.3) is 5.91 Å². The third-order valence-corrected chi connectivity index (χ3v) is 7.40. The Morgan fingerprint density at radius 1 is 1.15 bits per heavy atom. The summed E-state index contributed by atoms with van der Waals surface area (Å²) in [4.78, 5) is 57.5. The number of aromatic nitrogens is 1. The number of hydrogen-bond donors (Lipinski definition) is 1. The molecule has 0 saturated carbocycles. The van der Waals surface area contributed by atoms with E-state index in [1.807, 2.05) is 0 Å². The Kier molecular flexibility index (Phi) is 7.05. The molecule has 40 heavy (non-hydrogen) atoms. The fraction of sp³-hybridized carbons (Fsp3) is 0.138. The number of esters is 2. The summed E-state index contributed by atoms with van der Waals surface area (Å²) in [6, 6.07) is 13.4. The van der Waals surface area contributed by atoms with E-state index < -0.39 is 35.4 Å². The van der Waals surface area contributed by atoms with E-state index in [1.54, 1.807) is 43.3 Å². The van der Waals surface area contributed by atoms with Gasteiger partial charge in [-0.15, -0.1) is 0 Å². The van der Waals surface area contributed by atoms with Crippen LogP contribution < -0.4 is 4.90 Å². The number of thiazole rings is 1. The fourth-order valence-corrected chi connectivity index (χ4v) is 5.36. The standard InChI is InChI=1S/C29H22N2O8S/c1-4-13-38-28(36)25-15(2)30-29(40-25)31-22(16-9-11-17(12-10-16)27(35)37-3)21(24(33)26(31)34)23(32)20-14-18-7-5-6-8-19(18)39-20/h4-12,14,22,33H,1,13H2,2-3H3. The van der Waals surface area contributed by atoms with Gasteiger partial charge in [0.1, 0.15) is 17.1 Å². The van der Waals surface area contributed by atoms with Crippen molar-refractivity contribution in [3.05, 3.63) is 106 Å². The van der Waals surface area contributed by atoms with Crippen LogP contribution in [0.1, 0.15) is 47.9 Å². The van der Waals surface area contributed by atoms with Crippen molar-refractivity contribution >= 4 is 51.1 Å². The minimum Gasteiger partial charge on any atom is -0.503 e. The predicted molar refractivity (Wildman–Crippen MR) is 146 cm³/mol. The average Bonchev–Trinajstić information content (AvgIpc) is 3.64. The lowest BCUT2D eigenvalue weighted by molar-refractivity contribution is -0.117. The van der Waals surface area contributed by atoms with Crippen LogP contribution in [0.15, 0.2) is 83.0 Å². The number of aliphatic hydroxyl groups is 1. The van der Waals surface area contributed by atoms with Gasteiger partial charge in [-0.2, -0.15) is 0 Å². The zero-order chi connectivity index (χ0) is 28.6. The lowest BCUT2D eigenvalue weighted by Crippen LogP contribution is -2.31. The third kappa shape index (κ3) is 4.56. The molecular formula is C29H22N2O8S. The SMILES string of the molecule is C=CCOC(=O)c1sc(N2C(=O)C(O)=C(C(=O)c3cc4ccccc4o3)C2c2ccc(C(=O)OC)cc2)nc1C. The Bertz CT molecular complexity index is 1680. The van der Waals surface area contributed by atoms with Crippen molar-refractivity contribution in [3.63, 3.8) is 0 Å². The number of hydrogen-bond acceptors (Lipinski definition) is 10. The number of furan rings is 1. The second kappa shape index (κ2) is 10.6. The summed E-state index contributed by atoms with van der Waals surface area (Å²) < 4.78 is 15.6. The molecule has 4 aromatic rings. The number of amides is 1. The highest BCUT2D eigenvalue weighted by atomic mass is 32.1. The van der Waals surface area contributed by atoms with Crippen LogP contribution in [0, 0.1) is 6.92 Å². The minimum absolute atomic E-state index is 0.0121. The Morgan fingerprint density at radius 2 is 1.88 bits per heavy atom. The van der Waals surface area contributed by atoms with Gasteiger partial charge in [-0.05, 0) is 36.8 Å². The number of ether oxygens (including phenoxy) is 2. The lowest BCUT2D eigenvalue weighted by Gasteiger charge is -2.24. The van der Waals surface area contributed by atoms with Crippen LogP contribution >= 0.6 is 11.3 Å². The normalized spacial score (nSPS) is 15.0. The molecule has 0 fully saturated rings. The molecule has 5 rings (SSSR count). The molecule has 0 saturated heterocycles. The zero-order valence-corrected chi connectivity index (χ0v) is 22.2. The number of fused-ring (bicyclic) bond motifs is 1. The summed E-state index contributed by atoms with van der Waals surface area (Å²) in [6.45, 7) is 5.09.